The van der Waals surface area contributed by atoms with Crippen LogP contribution in [0.4, 0.5) is 5.69 Å². The van der Waals surface area contributed by atoms with Gasteiger partial charge in [0.25, 0.3) is 0 Å². The number of aldehydes is 1. The maximum absolute atomic E-state index is 11.1. The molecular formula is C12H9BrN2O2. The van der Waals surface area contributed by atoms with E-state index in [-0.39, 0.29) is 5.91 Å². The molecule has 0 unspecified atom stereocenters. The molecule has 1 N–H and O–H groups in total. The third-order valence-electron chi connectivity index (χ3n) is 2.26. The van der Waals surface area contributed by atoms with Gasteiger partial charge in [0.15, 0.2) is 6.29 Å². The molecule has 1 amide bonds. The number of hydrogen-bond acceptors (Lipinski definition) is 3. The number of nitrogens with zero attached hydrogens (tertiary/aromatic N) is 1. The van der Waals surface area contributed by atoms with Crippen LogP contribution in [0.1, 0.15) is 17.4 Å². The number of nitrogens with one attached hydrogen (secondary N) is 1. The molecule has 2 aromatic rings. The predicted octanol–water partition coefficient (Wildman–Crippen LogP) is 2.77. The zero-order valence-electron chi connectivity index (χ0n) is 9.03. The van der Waals surface area contributed by atoms with Crippen molar-refractivity contribution in [3.63, 3.8) is 0 Å². The molecule has 0 spiro atoms. The fourth-order valence-corrected chi connectivity index (χ4v) is 2.01. The van der Waals surface area contributed by atoms with Gasteiger partial charge >= 0.3 is 0 Å². The van der Waals surface area contributed by atoms with Crippen LogP contribution in [-0.2, 0) is 4.79 Å². The summed E-state index contributed by atoms with van der Waals surface area (Å²) in [5, 5.41) is 3.54. The molecule has 4 nitrogen and oxygen atoms in total. The van der Waals surface area contributed by atoms with Crippen molar-refractivity contribution in [3.8, 4) is 0 Å². The molecule has 0 radical (unpaired) electrons. The predicted molar refractivity (Wildman–Crippen MR) is 69.1 cm³/mol. The Balaban J connectivity index is 2.71. The second-order valence-corrected chi connectivity index (χ2v) is 4.38. The number of fused-ring (bicyclic) bond motifs is 1. The molecule has 0 aliphatic heterocycles. The minimum absolute atomic E-state index is 0.174. The highest BCUT2D eigenvalue weighted by Crippen LogP contribution is 2.28. The molecule has 1 aromatic heterocycles. The lowest BCUT2D eigenvalue weighted by Crippen LogP contribution is -2.07. The molecule has 0 bridgehead atoms. The monoisotopic (exact) mass is 292 g/mol. The topological polar surface area (TPSA) is 59.1 Å². The van der Waals surface area contributed by atoms with Crippen molar-refractivity contribution in [2.24, 2.45) is 0 Å². The lowest BCUT2D eigenvalue weighted by molar-refractivity contribution is -0.114. The van der Waals surface area contributed by atoms with Crippen LogP contribution < -0.4 is 5.32 Å². The quantitative estimate of drug-likeness (QED) is 0.866. The van der Waals surface area contributed by atoms with Gasteiger partial charge in [0.1, 0.15) is 5.69 Å². The second kappa shape index (κ2) is 4.63. The molecule has 0 saturated carbocycles. The summed E-state index contributed by atoms with van der Waals surface area (Å²) in [5.41, 5.74) is 1.53. The zero-order valence-corrected chi connectivity index (χ0v) is 10.6. The van der Waals surface area contributed by atoms with Gasteiger partial charge in [-0.2, -0.15) is 0 Å². The highest BCUT2D eigenvalue weighted by Gasteiger charge is 2.08. The smallest absolute Gasteiger partial charge is 0.221 e. The van der Waals surface area contributed by atoms with E-state index in [9.17, 15) is 9.59 Å². The minimum atomic E-state index is -0.174. The number of halogens is 1. The molecule has 0 fully saturated rings. The molecule has 1 aromatic carbocycles. The first kappa shape index (κ1) is 11.7. The summed E-state index contributed by atoms with van der Waals surface area (Å²) in [4.78, 5) is 26.0. The van der Waals surface area contributed by atoms with Crippen molar-refractivity contribution in [3.05, 3.63) is 34.4 Å². The van der Waals surface area contributed by atoms with E-state index in [0.29, 0.717) is 23.2 Å². The van der Waals surface area contributed by atoms with E-state index in [1.54, 1.807) is 18.2 Å². The van der Waals surface area contributed by atoms with Gasteiger partial charge in [0.2, 0.25) is 5.91 Å². The van der Waals surface area contributed by atoms with Gasteiger partial charge in [0, 0.05) is 16.8 Å². The van der Waals surface area contributed by atoms with E-state index in [2.05, 4.69) is 26.2 Å². The van der Waals surface area contributed by atoms with Crippen molar-refractivity contribution in [1.29, 1.82) is 0 Å². The first-order valence-corrected chi connectivity index (χ1v) is 5.73. The maximum atomic E-state index is 11.1. The Bertz CT molecular complexity index is 611. The number of anilines is 1. The van der Waals surface area contributed by atoms with Gasteiger partial charge in [-0.3, -0.25) is 9.59 Å². The number of hydrogen-bond donors (Lipinski definition) is 1. The Kier molecular flexibility index (Phi) is 3.19. The number of rotatable bonds is 2. The van der Waals surface area contributed by atoms with Gasteiger partial charge in [-0.15, -0.1) is 0 Å². The first-order chi connectivity index (χ1) is 8.11. The number of carbonyl (C=O) groups is 2. The molecule has 0 atom stereocenters. The third-order valence-corrected chi connectivity index (χ3v) is 2.95. The van der Waals surface area contributed by atoms with Gasteiger partial charge in [-0.25, -0.2) is 4.98 Å². The van der Waals surface area contributed by atoms with Crippen LogP contribution in [-0.4, -0.2) is 17.2 Å². The second-order valence-electron chi connectivity index (χ2n) is 3.53. The Morgan fingerprint density at radius 3 is 2.76 bits per heavy atom. The molecule has 0 saturated heterocycles. The van der Waals surface area contributed by atoms with E-state index in [1.807, 2.05) is 6.07 Å². The summed E-state index contributed by atoms with van der Waals surface area (Å²) < 4.78 is 0.867. The van der Waals surface area contributed by atoms with Crippen LogP contribution in [0.2, 0.25) is 0 Å². The average molecular weight is 293 g/mol. The van der Waals surface area contributed by atoms with Crippen LogP contribution in [0.15, 0.2) is 28.7 Å². The molecule has 1 heterocycles. The Hall–Kier alpha value is -1.75. The van der Waals surface area contributed by atoms with E-state index >= 15 is 0 Å². The van der Waals surface area contributed by atoms with Gasteiger partial charge in [0.05, 0.1) is 11.2 Å². The van der Waals surface area contributed by atoms with E-state index < -0.39 is 0 Å². The largest absolute Gasteiger partial charge is 0.324 e. The van der Waals surface area contributed by atoms with E-state index in [0.717, 1.165) is 9.86 Å². The van der Waals surface area contributed by atoms with Crippen molar-refractivity contribution in [2.45, 2.75) is 6.92 Å². The van der Waals surface area contributed by atoms with Crippen LogP contribution in [0.3, 0.4) is 0 Å². The van der Waals surface area contributed by atoms with Crippen molar-refractivity contribution >= 4 is 44.7 Å². The molecule has 0 aliphatic carbocycles. The average Bonchev–Trinajstić information content (AvgIpc) is 2.32. The molecule has 5 heteroatoms. The normalized spacial score (nSPS) is 10.2. The molecule has 86 valence electrons. The summed E-state index contributed by atoms with van der Waals surface area (Å²) >= 11 is 3.40. The molecule has 2 rings (SSSR count). The van der Waals surface area contributed by atoms with Crippen LogP contribution in [0, 0.1) is 0 Å². The summed E-state index contributed by atoms with van der Waals surface area (Å²) in [6.45, 7) is 1.43. The molecule has 0 aliphatic rings. The molecular weight excluding hydrogens is 284 g/mol. The van der Waals surface area contributed by atoms with Gasteiger partial charge in [-0.1, -0.05) is 15.9 Å². The lowest BCUT2D eigenvalue weighted by Gasteiger charge is -2.08. The maximum Gasteiger partial charge on any atom is 0.221 e. The van der Waals surface area contributed by atoms with E-state index in [1.165, 1.54) is 6.92 Å². The van der Waals surface area contributed by atoms with Gasteiger partial charge in [-0.05, 0) is 24.3 Å². The van der Waals surface area contributed by atoms with Crippen molar-refractivity contribution < 1.29 is 9.59 Å². The number of pyridine rings is 1. The fourth-order valence-electron chi connectivity index (χ4n) is 1.55. The Morgan fingerprint density at radius 2 is 2.12 bits per heavy atom. The van der Waals surface area contributed by atoms with Crippen molar-refractivity contribution in [1.82, 2.24) is 4.98 Å². The highest BCUT2D eigenvalue weighted by molar-refractivity contribution is 9.10. The summed E-state index contributed by atoms with van der Waals surface area (Å²) in [6.07, 6.45) is 0.678. The number of carbonyl (C=O) groups excluding carboxylic acids is 2. The van der Waals surface area contributed by atoms with Gasteiger partial charge < -0.3 is 5.32 Å². The summed E-state index contributed by atoms with van der Waals surface area (Å²) in [7, 11) is 0. The Labute approximate surface area is 106 Å². The number of aromatic nitrogens is 1. The SMILES string of the molecule is CC(=O)Nc1ccc(Br)c2ccc(C=O)nc12. The number of amides is 1. The summed E-state index contributed by atoms with van der Waals surface area (Å²) in [6, 6.07) is 7.00. The fraction of sp³-hybridized carbons (Fsp3) is 0.0833. The molecule has 17 heavy (non-hydrogen) atoms. The standard InChI is InChI=1S/C12H9BrN2O2/c1-7(17)14-11-5-4-10(13)9-3-2-8(6-16)15-12(9)11/h2-6H,1H3,(H,14,17). The van der Waals surface area contributed by atoms with E-state index in [4.69, 9.17) is 0 Å². The van der Waals surface area contributed by atoms with Crippen LogP contribution in [0.5, 0.6) is 0 Å². The Morgan fingerprint density at radius 1 is 1.35 bits per heavy atom. The third kappa shape index (κ3) is 2.34. The minimum Gasteiger partial charge on any atom is -0.324 e. The van der Waals surface area contributed by atoms with Crippen LogP contribution >= 0.6 is 15.9 Å². The summed E-state index contributed by atoms with van der Waals surface area (Å²) in [5.74, 6) is -0.174. The first-order valence-electron chi connectivity index (χ1n) is 4.94. The van der Waals surface area contributed by atoms with Crippen molar-refractivity contribution in [2.75, 3.05) is 5.32 Å². The van der Waals surface area contributed by atoms with Crippen LogP contribution in [0.25, 0.3) is 10.9 Å². The zero-order chi connectivity index (χ0) is 12.4. The lowest BCUT2D eigenvalue weighted by atomic mass is 10.1. The number of benzene rings is 1. The highest BCUT2D eigenvalue weighted by atomic mass is 79.9.